The number of hydrogen-bond acceptors (Lipinski definition) is 6. The van der Waals surface area contributed by atoms with Gasteiger partial charge in [-0.15, -0.1) is 0 Å². The van der Waals surface area contributed by atoms with Gasteiger partial charge in [-0.2, -0.15) is 11.8 Å². The maximum atomic E-state index is 12.3. The smallest absolute Gasteiger partial charge is 0.139 e. The van der Waals surface area contributed by atoms with E-state index in [0.29, 0.717) is 0 Å². The van der Waals surface area contributed by atoms with Crippen LogP contribution in [0.3, 0.4) is 0 Å². The number of carbonyl (C=O) groups is 1. The molecule has 6 heteroatoms. The number of thioether (sulfide) groups is 1. The Hall–Kier alpha value is -1.34. The number of aromatic hydroxyl groups is 1. The van der Waals surface area contributed by atoms with Gasteiger partial charge in [0.1, 0.15) is 11.5 Å². The maximum Gasteiger partial charge on any atom is 0.139 e. The minimum Gasteiger partial charge on any atom is -0.508 e. The predicted molar refractivity (Wildman–Crippen MR) is 117 cm³/mol. The van der Waals surface area contributed by atoms with Crippen molar-refractivity contribution in [3.8, 4) is 5.75 Å². The first-order valence-corrected chi connectivity index (χ1v) is 11.6. The second-order valence-corrected chi connectivity index (χ2v) is 9.19. The summed E-state index contributed by atoms with van der Waals surface area (Å²) in [6.45, 7) is 3.95. The van der Waals surface area contributed by atoms with Gasteiger partial charge in [-0.25, -0.2) is 0 Å². The van der Waals surface area contributed by atoms with E-state index in [2.05, 4.69) is 0 Å². The molecule has 0 heterocycles. The van der Waals surface area contributed by atoms with Crippen molar-refractivity contribution in [3.63, 3.8) is 0 Å². The molecule has 0 aromatic heterocycles. The van der Waals surface area contributed by atoms with Crippen molar-refractivity contribution < 1.29 is 25.2 Å². The van der Waals surface area contributed by atoms with Crippen molar-refractivity contribution in [2.75, 3.05) is 18.1 Å². The molecule has 1 aromatic rings. The number of Topliss-reactive ketones (excluding diaryl/α,β-unsaturated/α-hetero) is 1. The number of benzene rings is 1. The summed E-state index contributed by atoms with van der Waals surface area (Å²) < 4.78 is 0. The minimum atomic E-state index is -0.740. The van der Waals surface area contributed by atoms with Crippen LogP contribution in [-0.4, -0.2) is 56.5 Å². The zero-order valence-corrected chi connectivity index (χ0v) is 18.1. The summed E-state index contributed by atoms with van der Waals surface area (Å²) in [7, 11) is 0. The lowest BCUT2D eigenvalue weighted by molar-refractivity contribution is -0.121. The summed E-state index contributed by atoms with van der Waals surface area (Å²) >= 11 is 1.78. The van der Waals surface area contributed by atoms with Crippen LogP contribution >= 0.6 is 11.8 Å². The molecule has 4 N–H and O–H groups in total. The highest BCUT2D eigenvalue weighted by Crippen LogP contribution is 2.34. The summed E-state index contributed by atoms with van der Waals surface area (Å²) in [5.41, 5.74) is 1.69. The zero-order valence-electron chi connectivity index (χ0n) is 17.3. The van der Waals surface area contributed by atoms with Gasteiger partial charge in [0.25, 0.3) is 0 Å². The Bertz CT molecular complexity index is 690. The lowest BCUT2D eigenvalue weighted by atomic mass is 9.89. The minimum absolute atomic E-state index is 0.0970. The molecule has 5 nitrogen and oxygen atoms in total. The molecule has 1 saturated carbocycles. The van der Waals surface area contributed by atoms with E-state index in [0.717, 1.165) is 41.9 Å². The van der Waals surface area contributed by atoms with Gasteiger partial charge < -0.3 is 20.4 Å². The molecule has 0 saturated heterocycles. The van der Waals surface area contributed by atoms with E-state index in [1.54, 1.807) is 30.0 Å². The first-order valence-electron chi connectivity index (χ1n) is 10.4. The monoisotopic (exact) mass is 422 g/mol. The lowest BCUT2D eigenvalue weighted by Gasteiger charge is -2.20. The number of ketones is 1. The van der Waals surface area contributed by atoms with Crippen LogP contribution in [-0.2, 0) is 4.79 Å². The molecule has 1 unspecified atom stereocenters. The van der Waals surface area contributed by atoms with E-state index in [1.807, 2.05) is 26.0 Å². The molecule has 1 fully saturated rings. The third-order valence-electron chi connectivity index (χ3n) is 5.79. The van der Waals surface area contributed by atoms with Crippen LogP contribution in [0.1, 0.15) is 49.7 Å². The molecule has 1 aromatic carbocycles. The highest BCUT2D eigenvalue weighted by Gasteiger charge is 2.39. The second-order valence-electron chi connectivity index (χ2n) is 7.96. The fourth-order valence-electron chi connectivity index (χ4n) is 3.79. The van der Waals surface area contributed by atoms with Gasteiger partial charge in [-0.05, 0) is 54.9 Å². The van der Waals surface area contributed by atoms with E-state index in [1.165, 1.54) is 0 Å². The van der Waals surface area contributed by atoms with Gasteiger partial charge in [0.15, 0.2) is 0 Å². The first-order chi connectivity index (χ1) is 13.8. The molecule has 1 aliphatic rings. The normalized spacial score (nSPS) is 24.3. The van der Waals surface area contributed by atoms with Crippen molar-refractivity contribution in [2.45, 2.75) is 57.7 Å². The van der Waals surface area contributed by atoms with Crippen molar-refractivity contribution >= 4 is 17.5 Å². The number of carbonyl (C=O) groups excluding carboxylic acids is 1. The van der Waals surface area contributed by atoms with E-state index < -0.39 is 12.2 Å². The van der Waals surface area contributed by atoms with Crippen molar-refractivity contribution in [3.05, 3.63) is 41.5 Å². The standard InChI is InChI=1S/C23H34O5S/c1-15-13-17(5-7-20(15)25)16(2)21(26)8-6-18-19(23(28)14-22(18)27)9-12-29-11-4-3-10-24/h5-8,13,16,18-19,21-22,24-27H,3-4,9-12,14H2,1-2H3/b8-6+/t16?,18-,19-,21-,22-/m1/s1. The van der Waals surface area contributed by atoms with Crippen LogP contribution in [0, 0.1) is 18.8 Å². The number of phenolic OH excluding ortho intramolecular Hbond substituents is 1. The Morgan fingerprint density at radius 1 is 1.28 bits per heavy atom. The molecule has 0 aliphatic heterocycles. The maximum absolute atomic E-state index is 12.3. The third kappa shape index (κ3) is 6.85. The molecule has 0 amide bonds. The van der Waals surface area contributed by atoms with Crippen molar-refractivity contribution in [1.82, 2.24) is 0 Å². The molecule has 5 atom stereocenters. The molecule has 0 spiro atoms. The van der Waals surface area contributed by atoms with Crippen LogP contribution in [0.5, 0.6) is 5.75 Å². The Balaban J connectivity index is 1.94. The van der Waals surface area contributed by atoms with Crippen molar-refractivity contribution in [1.29, 1.82) is 0 Å². The molecule has 2 rings (SSSR count). The molecule has 0 bridgehead atoms. The predicted octanol–water partition coefficient (Wildman–Crippen LogP) is 3.18. The summed E-state index contributed by atoms with van der Waals surface area (Å²) in [6.07, 6.45) is 4.74. The Kier molecular flexibility index (Phi) is 9.69. The molecular formula is C23H34O5S. The SMILES string of the molecule is Cc1cc(C(C)[C@H](O)/C=C/[C@H]2[C@H](O)CC(=O)[C@@H]2CCSCCCCO)ccc1O. The topological polar surface area (TPSA) is 98.0 Å². The van der Waals surface area contributed by atoms with Crippen molar-refractivity contribution in [2.24, 2.45) is 11.8 Å². The fraction of sp³-hybridized carbons (Fsp3) is 0.609. The van der Waals surface area contributed by atoms with Crippen LogP contribution in [0.25, 0.3) is 0 Å². The van der Waals surface area contributed by atoms with Gasteiger partial charge >= 0.3 is 0 Å². The Labute approximate surface area is 177 Å². The van der Waals surface area contributed by atoms with Gasteiger partial charge in [-0.1, -0.05) is 31.2 Å². The van der Waals surface area contributed by atoms with Gasteiger partial charge in [0, 0.05) is 30.8 Å². The first kappa shape index (κ1) is 23.9. The van der Waals surface area contributed by atoms with E-state index in [9.17, 15) is 20.1 Å². The Morgan fingerprint density at radius 2 is 2.03 bits per heavy atom. The van der Waals surface area contributed by atoms with Gasteiger partial charge in [0.2, 0.25) is 0 Å². The number of aliphatic hydroxyl groups is 3. The largest absolute Gasteiger partial charge is 0.508 e. The lowest BCUT2D eigenvalue weighted by Crippen LogP contribution is -2.21. The Morgan fingerprint density at radius 3 is 2.72 bits per heavy atom. The second kappa shape index (κ2) is 11.7. The van der Waals surface area contributed by atoms with Gasteiger partial charge in [-0.3, -0.25) is 4.79 Å². The highest BCUT2D eigenvalue weighted by atomic mass is 32.2. The summed E-state index contributed by atoms with van der Waals surface area (Å²) in [4.78, 5) is 12.3. The molecule has 0 radical (unpaired) electrons. The average molecular weight is 423 g/mol. The van der Waals surface area contributed by atoms with Gasteiger partial charge in [0.05, 0.1) is 12.2 Å². The summed E-state index contributed by atoms with van der Waals surface area (Å²) in [5.74, 6) is 1.52. The van der Waals surface area contributed by atoms with Crippen LogP contribution in [0.2, 0.25) is 0 Å². The fourth-order valence-corrected chi connectivity index (χ4v) is 4.82. The van der Waals surface area contributed by atoms with Crippen LogP contribution in [0.15, 0.2) is 30.4 Å². The number of aliphatic hydroxyl groups excluding tert-OH is 3. The van der Waals surface area contributed by atoms with Crippen LogP contribution < -0.4 is 0 Å². The zero-order chi connectivity index (χ0) is 21.4. The summed E-state index contributed by atoms with van der Waals surface area (Å²) in [6, 6.07) is 5.29. The third-order valence-corrected chi connectivity index (χ3v) is 6.89. The molecular weight excluding hydrogens is 388 g/mol. The highest BCUT2D eigenvalue weighted by molar-refractivity contribution is 7.99. The number of rotatable bonds is 11. The summed E-state index contributed by atoms with van der Waals surface area (Å²) in [5, 5.41) is 39.4. The van der Waals surface area contributed by atoms with Crippen LogP contribution in [0.4, 0.5) is 0 Å². The molecule has 1 aliphatic carbocycles. The van der Waals surface area contributed by atoms with E-state index >= 15 is 0 Å². The number of unbranched alkanes of at least 4 members (excludes halogenated alkanes) is 1. The molecule has 29 heavy (non-hydrogen) atoms. The quantitative estimate of drug-likeness (QED) is 0.323. The number of aryl methyl sites for hydroxylation is 1. The number of phenols is 1. The van der Waals surface area contributed by atoms with E-state index in [4.69, 9.17) is 5.11 Å². The van der Waals surface area contributed by atoms with E-state index in [-0.39, 0.29) is 42.3 Å². The molecule has 162 valence electrons. The number of hydrogen-bond donors (Lipinski definition) is 4. The average Bonchev–Trinajstić information content (AvgIpc) is 2.96.